The Labute approximate surface area is 153 Å². The average molecular weight is 352 g/mol. The van der Waals surface area contributed by atoms with Crippen LogP contribution in [-0.2, 0) is 0 Å². The lowest BCUT2D eigenvalue weighted by atomic mass is 10.1. The van der Waals surface area contributed by atoms with Gasteiger partial charge in [0.15, 0.2) is 0 Å². The van der Waals surface area contributed by atoms with Crippen molar-refractivity contribution in [2.24, 2.45) is 0 Å². The summed E-state index contributed by atoms with van der Waals surface area (Å²) in [6.45, 7) is 6.75. The Morgan fingerprint density at radius 2 is 1.85 bits per heavy atom. The Bertz CT molecular complexity index is 956. The van der Waals surface area contributed by atoms with E-state index in [2.05, 4.69) is 6.92 Å². The highest BCUT2D eigenvalue weighted by atomic mass is 16.5. The van der Waals surface area contributed by atoms with Gasteiger partial charge in [-0.1, -0.05) is 31.9 Å². The van der Waals surface area contributed by atoms with Gasteiger partial charge in [0.05, 0.1) is 12.0 Å². The molecule has 0 bridgehead atoms. The van der Waals surface area contributed by atoms with Crippen LogP contribution in [0.1, 0.15) is 37.3 Å². The SMILES string of the molecule is CCCCCOc1ccc2c(=O)c(Oc3cc(C)ccc3C)coc2c1. The van der Waals surface area contributed by atoms with Crippen LogP contribution in [0, 0.1) is 13.8 Å². The van der Waals surface area contributed by atoms with Crippen molar-refractivity contribution in [3.8, 4) is 17.2 Å². The van der Waals surface area contributed by atoms with Gasteiger partial charge in [0.25, 0.3) is 0 Å². The molecule has 3 rings (SSSR count). The summed E-state index contributed by atoms with van der Waals surface area (Å²) < 4.78 is 17.2. The summed E-state index contributed by atoms with van der Waals surface area (Å²) in [6.07, 6.45) is 4.68. The maximum absolute atomic E-state index is 12.7. The van der Waals surface area contributed by atoms with E-state index in [-0.39, 0.29) is 11.2 Å². The standard InChI is InChI=1S/C22H24O4/c1-4-5-6-11-24-17-9-10-18-20(13-17)25-14-21(22(18)23)26-19-12-15(2)7-8-16(19)3/h7-10,12-14H,4-6,11H2,1-3H3. The molecule has 0 N–H and O–H groups in total. The van der Waals surface area contributed by atoms with Crippen molar-refractivity contribution in [1.82, 2.24) is 0 Å². The van der Waals surface area contributed by atoms with Crippen LogP contribution in [0.25, 0.3) is 11.0 Å². The van der Waals surface area contributed by atoms with Gasteiger partial charge in [-0.15, -0.1) is 0 Å². The Morgan fingerprint density at radius 1 is 1.00 bits per heavy atom. The number of aryl methyl sites for hydroxylation is 2. The van der Waals surface area contributed by atoms with Crippen molar-refractivity contribution < 1.29 is 13.9 Å². The molecular weight excluding hydrogens is 328 g/mol. The van der Waals surface area contributed by atoms with E-state index in [1.807, 2.05) is 32.0 Å². The first-order chi connectivity index (χ1) is 12.6. The van der Waals surface area contributed by atoms with Gasteiger partial charge in [0.2, 0.25) is 11.2 Å². The highest BCUT2D eigenvalue weighted by Gasteiger charge is 2.11. The Balaban J connectivity index is 1.84. The molecule has 0 saturated heterocycles. The largest absolute Gasteiger partial charge is 0.493 e. The molecule has 2 aromatic carbocycles. The minimum Gasteiger partial charge on any atom is -0.493 e. The monoisotopic (exact) mass is 352 g/mol. The van der Waals surface area contributed by atoms with Gasteiger partial charge in [0, 0.05) is 6.07 Å². The summed E-state index contributed by atoms with van der Waals surface area (Å²) in [5.41, 5.74) is 2.34. The van der Waals surface area contributed by atoms with Crippen LogP contribution in [0.3, 0.4) is 0 Å². The van der Waals surface area contributed by atoms with Crippen molar-refractivity contribution >= 4 is 11.0 Å². The third kappa shape index (κ3) is 4.07. The van der Waals surface area contributed by atoms with Crippen molar-refractivity contribution in [2.45, 2.75) is 40.0 Å². The molecule has 136 valence electrons. The lowest BCUT2D eigenvalue weighted by Crippen LogP contribution is -2.06. The molecule has 1 aromatic heterocycles. The molecule has 26 heavy (non-hydrogen) atoms. The number of ether oxygens (including phenoxy) is 2. The molecule has 4 heteroatoms. The zero-order valence-electron chi connectivity index (χ0n) is 15.5. The van der Waals surface area contributed by atoms with Crippen LogP contribution in [0.4, 0.5) is 0 Å². The predicted octanol–water partition coefficient (Wildman–Crippen LogP) is 5.77. The fourth-order valence-electron chi connectivity index (χ4n) is 2.73. The molecule has 4 nitrogen and oxygen atoms in total. The topological polar surface area (TPSA) is 48.7 Å². The van der Waals surface area contributed by atoms with E-state index >= 15 is 0 Å². The van der Waals surface area contributed by atoms with Gasteiger partial charge >= 0.3 is 0 Å². The maximum atomic E-state index is 12.7. The smallest absolute Gasteiger partial charge is 0.235 e. The Morgan fingerprint density at radius 3 is 2.65 bits per heavy atom. The van der Waals surface area contributed by atoms with Gasteiger partial charge in [-0.05, 0) is 49.6 Å². The van der Waals surface area contributed by atoms with Crippen LogP contribution < -0.4 is 14.9 Å². The van der Waals surface area contributed by atoms with Crippen LogP contribution >= 0.6 is 0 Å². The first kappa shape index (κ1) is 18.1. The summed E-state index contributed by atoms with van der Waals surface area (Å²) in [5, 5.41) is 0.480. The van der Waals surface area contributed by atoms with E-state index < -0.39 is 0 Å². The van der Waals surface area contributed by atoms with Crippen LogP contribution in [0.15, 0.2) is 51.9 Å². The molecular formula is C22H24O4. The van der Waals surface area contributed by atoms with Crippen LogP contribution in [0.5, 0.6) is 17.2 Å². The molecule has 0 radical (unpaired) electrons. The number of hydrogen-bond acceptors (Lipinski definition) is 4. The molecule has 0 spiro atoms. The highest BCUT2D eigenvalue weighted by Crippen LogP contribution is 2.26. The van der Waals surface area contributed by atoms with Crippen molar-refractivity contribution in [3.63, 3.8) is 0 Å². The minimum atomic E-state index is -0.190. The number of hydrogen-bond donors (Lipinski definition) is 0. The molecule has 0 aliphatic carbocycles. The van der Waals surface area contributed by atoms with E-state index in [0.29, 0.717) is 29.1 Å². The molecule has 0 aliphatic rings. The van der Waals surface area contributed by atoms with Crippen molar-refractivity contribution in [1.29, 1.82) is 0 Å². The van der Waals surface area contributed by atoms with Crippen molar-refractivity contribution in [3.05, 3.63) is 64.0 Å². The van der Waals surface area contributed by atoms with Crippen LogP contribution in [-0.4, -0.2) is 6.61 Å². The summed E-state index contributed by atoms with van der Waals surface area (Å²) in [6, 6.07) is 11.2. The lowest BCUT2D eigenvalue weighted by molar-refractivity contribution is 0.306. The fraction of sp³-hybridized carbons (Fsp3) is 0.318. The quantitative estimate of drug-likeness (QED) is 0.506. The van der Waals surface area contributed by atoms with E-state index in [1.165, 1.54) is 6.26 Å². The second-order valence-electron chi connectivity index (χ2n) is 6.51. The van der Waals surface area contributed by atoms with Crippen molar-refractivity contribution in [2.75, 3.05) is 6.61 Å². The van der Waals surface area contributed by atoms with Gasteiger partial charge in [-0.2, -0.15) is 0 Å². The zero-order valence-corrected chi connectivity index (χ0v) is 15.5. The Hall–Kier alpha value is -2.75. The van der Waals surface area contributed by atoms with E-state index in [1.54, 1.807) is 18.2 Å². The molecule has 0 aliphatic heterocycles. The number of rotatable bonds is 7. The van der Waals surface area contributed by atoms with E-state index in [9.17, 15) is 4.79 Å². The normalized spacial score (nSPS) is 10.9. The minimum absolute atomic E-state index is 0.183. The van der Waals surface area contributed by atoms with Gasteiger partial charge < -0.3 is 13.9 Å². The van der Waals surface area contributed by atoms with Gasteiger partial charge in [-0.3, -0.25) is 4.79 Å². The third-order valence-corrected chi connectivity index (χ3v) is 4.29. The molecule has 0 saturated carbocycles. The maximum Gasteiger partial charge on any atom is 0.235 e. The highest BCUT2D eigenvalue weighted by molar-refractivity contribution is 5.79. The van der Waals surface area contributed by atoms with E-state index in [0.717, 1.165) is 30.4 Å². The molecule has 3 aromatic rings. The third-order valence-electron chi connectivity index (χ3n) is 4.29. The predicted molar refractivity (Wildman–Crippen MR) is 103 cm³/mol. The number of benzene rings is 2. The summed E-state index contributed by atoms with van der Waals surface area (Å²) in [7, 11) is 0. The van der Waals surface area contributed by atoms with Gasteiger partial charge in [0.1, 0.15) is 23.3 Å². The lowest BCUT2D eigenvalue weighted by Gasteiger charge is -2.10. The molecule has 0 atom stereocenters. The second-order valence-corrected chi connectivity index (χ2v) is 6.51. The number of unbranched alkanes of at least 4 members (excludes halogenated alkanes) is 2. The zero-order chi connectivity index (χ0) is 18.5. The fourth-order valence-corrected chi connectivity index (χ4v) is 2.73. The van der Waals surface area contributed by atoms with Crippen LogP contribution in [0.2, 0.25) is 0 Å². The second kappa shape index (κ2) is 8.09. The number of fused-ring (bicyclic) bond motifs is 1. The summed E-state index contributed by atoms with van der Waals surface area (Å²) in [4.78, 5) is 12.7. The molecule has 1 heterocycles. The van der Waals surface area contributed by atoms with E-state index in [4.69, 9.17) is 13.9 Å². The summed E-state index contributed by atoms with van der Waals surface area (Å²) in [5.74, 6) is 1.55. The average Bonchev–Trinajstić information content (AvgIpc) is 2.64. The Kier molecular flexibility index (Phi) is 5.61. The van der Waals surface area contributed by atoms with Gasteiger partial charge in [-0.25, -0.2) is 0 Å². The molecule has 0 unspecified atom stereocenters. The molecule has 0 amide bonds. The first-order valence-electron chi connectivity index (χ1n) is 9.02. The molecule has 0 fully saturated rings. The first-order valence-corrected chi connectivity index (χ1v) is 9.02. The summed E-state index contributed by atoms with van der Waals surface area (Å²) >= 11 is 0.